The number of tetrazole rings is 1. The molecule has 136 valence electrons. The third kappa shape index (κ3) is 4.70. The molecule has 0 fully saturated rings. The lowest BCUT2D eigenvalue weighted by Gasteiger charge is -1.99. The van der Waals surface area contributed by atoms with Crippen LogP contribution in [0.15, 0.2) is 53.6 Å². The number of carbonyl (C=O) groups is 1. The monoisotopic (exact) mass is 385 g/mol. The second kappa shape index (κ2) is 8.15. The number of nitrogens with one attached hydrogen (secondary N) is 1. The maximum atomic E-state index is 11.9. The molecule has 11 heteroatoms. The number of rotatable bonds is 6. The molecule has 1 aromatic heterocycles. The lowest BCUT2D eigenvalue weighted by Crippen LogP contribution is -2.24. The first-order valence-corrected chi connectivity index (χ1v) is 8.00. The van der Waals surface area contributed by atoms with Crippen LogP contribution in [0.5, 0.6) is 0 Å². The van der Waals surface area contributed by atoms with E-state index in [0.717, 1.165) is 4.80 Å². The Morgan fingerprint density at radius 2 is 2.11 bits per heavy atom. The van der Waals surface area contributed by atoms with Crippen LogP contribution in [0.3, 0.4) is 0 Å². The molecular formula is C16H12ClN7O3. The molecule has 10 nitrogen and oxygen atoms in total. The number of aromatic nitrogens is 4. The van der Waals surface area contributed by atoms with E-state index in [4.69, 9.17) is 11.6 Å². The van der Waals surface area contributed by atoms with Gasteiger partial charge in [0.15, 0.2) is 0 Å². The molecule has 0 aliphatic carbocycles. The Kier molecular flexibility index (Phi) is 5.47. The summed E-state index contributed by atoms with van der Waals surface area (Å²) in [5.41, 5.74) is 3.31. The fourth-order valence-electron chi connectivity index (χ4n) is 2.12. The van der Waals surface area contributed by atoms with Crippen LogP contribution >= 0.6 is 11.6 Å². The zero-order valence-corrected chi connectivity index (χ0v) is 14.4. The molecule has 0 bridgehead atoms. The Labute approximate surface area is 157 Å². The number of halogens is 1. The van der Waals surface area contributed by atoms with Gasteiger partial charge in [-0.05, 0) is 17.3 Å². The van der Waals surface area contributed by atoms with Crippen molar-refractivity contribution >= 4 is 29.4 Å². The maximum Gasteiger partial charge on any atom is 0.270 e. The Bertz CT molecular complexity index is 1020. The van der Waals surface area contributed by atoms with Crippen molar-refractivity contribution in [3.05, 3.63) is 69.2 Å². The summed E-state index contributed by atoms with van der Waals surface area (Å²) in [6.45, 7) is -0.205. The highest BCUT2D eigenvalue weighted by molar-refractivity contribution is 6.33. The van der Waals surface area contributed by atoms with Crippen molar-refractivity contribution in [2.75, 3.05) is 0 Å². The van der Waals surface area contributed by atoms with Gasteiger partial charge in [-0.25, -0.2) is 5.43 Å². The highest BCUT2D eigenvalue weighted by Crippen LogP contribution is 2.23. The smallest absolute Gasteiger partial charge is 0.270 e. The van der Waals surface area contributed by atoms with E-state index in [1.165, 1.54) is 24.4 Å². The number of nitro benzene ring substituents is 1. The van der Waals surface area contributed by atoms with Crippen LogP contribution in [0.4, 0.5) is 5.69 Å². The predicted molar refractivity (Wildman–Crippen MR) is 97.1 cm³/mol. The van der Waals surface area contributed by atoms with Crippen LogP contribution in [0.1, 0.15) is 5.56 Å². The van der Waals surface area contributed by atoms with Gasteiger partial charge in [0.25, 0.3) is 11.6 Å². The number of carbonyl (C=O) groups excluding carboxylic acids is 1. The van der Waals surface area contributed by atoms with Gasteiger partial charge in [-0.15, -0.1) is 10.2 Å². The number of nitrogens with zero attached hydrogens (tertiary/aromatic N) is 6. The Balaban J connectivity index is 1.59. The fourth-order valence-corrected chi connectivity index (χ4v) is 2.34. The first kappa shape index (κ1) is 18.1. The van der Waals surface area contributed by atoms with Crippen molar-refractivity contribution < 1.29 is 9.72 Å². The van der Waals surface area contributed by atoms with Crippen molar-refractivity contribution in [3.8, 4) is 11.4 Å². The molecule has 0 saturated carbocycles. The van der Waals surface area contributed by atoms with E-state index in [-0.39, 0.29) is 12.2 Å². The largest absolute Gasteiger partial charge is 0.271 e. The van der Waals surface area contributed by atoms with E-state index in [0.29, 0.717) is 22.0 Å². The fraction of sp³-hybridized carbons (Fsp3) is 0.0625. The minimum absolute atomic E-state index is 0.0656. The van der Waals surface area contributed by atoms with Gasteiger partial charge in [0, 0.05) is 23.3 Å². The number of hydrazone groups is 1. The second-order valence-electron chi connectivity index (χ2n) is 5.27. The maximum absolute atomic E-state index is 11.9. The van der Waals surface area contributed by atoms with Gasteiger partial charge in [-0.3, -0.25) is 14.9 Å². The van der Waals surface area contributed by atoms with Gasteiger partial charge in [-0.1, -0.05) is 35.9 Å². The summed E-state index contributed by atoms with van der Waals surface area (Å²) in [5.74, 6) is -0.187. The Hall–Kier alpha value is -3.66. The molecule has 0 saturated heterocycles. The summed E-state index contributed by atoms with van der Waals surface area (Å²) in [6, 6.07) is 12.9. The molecule has 0 aliphatic heterocycles. The van der Waals surface area contributed by atoms with E-state index in [9.17, 15) is 14.9 Å². The molecule has 27 heavy (non-hydrogen) atoms. The first-order chi connectivity index (χ1) is 13.0. The summed E-state index contributed by atoms with van der Waals surface area (Å²) < 4.78 is 0. The zero-order chi connectivity index (χ0) is 19.2. The minimum atomic E-state index is -0.511. The highest BCUT2D eigenvalue weighted by atomic mass is 35.5. The number of hydrogen-bond acceptors (Lipinski definition) is 7. The molecule has 2 aromatic carbocycles. The lowest BCUT2D eigenvalue weighted by molar-refractivity contribution is -0.384. The molecule has 3 rings (SSSR count). The van der Waals surface area contributed by atoms with Gasteiger partial charge < -0.3 is 0 Å². The van der Waals surface area contributed by atoms with E-state index in [1.807, 2.05) is 0 Å². The molecule has 3 aromatic rings. The third-order valence-corrected chi connectivity index (χ3v) is 3.67. The summed E-state index contributed by atoms with van der Waals surface area (Å²) >= 11 is 6.07. The SMILES string of the molecule is O=C(Cn1nnc(-c2ccccc2Cl)n1)NN=Cc1cccc([N+](=O)[O-])c1. The average molecular weight is 386 g/mol. The Morgan fingerprint density at radius 3 is 2.89 bits per heavy atom. The van der Waals surface area contributed by atoms with Crippen LogP contribution < -0.4 is 5.43 Å². The van der Waals surface area contributed by atoms with E-state index in [1.54, 1.807) is 30.3 Å². The van der Waals surface area contributed by atoms with Gasteiger partial charge in [0.1, 0.15) is 6.54 Å². The topological polar surface area (TPSA) is 128 Å². The van der Waals surface area contributed by atoms with Gasteiger partial charge in [-0.2, -0.15) is 9.90 Å². The summed E-state index contributed by atoms with van der Waals surface area (Å²) in [6.07, 6.45) is 1.30. The standard InChI is InChI=1S/C16H12ClN7O3/c17-14-7-2-1-6-13(14)16-20-22-23(21-16)10-15(25)19-18-9-11-4-3-5-12(8-11)24(26)27/h1-9H,10H2,(H,19,25). The van der Waals surface area contributed by atoms with Crippen LogP contribution in [0, 0.1) is 10.1 Å². The van der Waals surface area contributed by atoms with Crippen LogP contribution in [-0.2, 0) is 11.3 Å². The number of non-ortho nitro benzene ring substituents is 1. The van der Waals surface area contributed by atoms with Crippen molar-refractivity contribution in [1.29, 1.82) is 0 Å². The molecule has 1 amide bonds. The quantitative estimate of drug-likeness (QED) is 0.393. The molecule has 1 N–H and O–H groups in total. The van der Waals surface area contributed by atoms with E-state index < -0.39 is 10.8 Å². The minimum Gasteiger partial charge on any atom is -0.271 e. The number of nitro groups is 1. The van der Waals surface area contributed by atoms with Gasteiger partial charge >= 0.3 is 0 Å². The summed E-state index contributed by atoms with van der Waals surface area (Å²) in [7, 11) is 0. The van der Waals surface area contributed by atoms with E-state index >= 15 is 0 Å². The first-order valence-electron chi connectivity index (χ1n) is 7.62. The van der Waals surface area contributed by atoms with Crippen LogP contribution in [0.25, 0.3) is 11.4 Å². The molecule has 0 aliphatic rings. The van der Waals surface area contributed by atoms with Crippen molar-refractivity contribution in [2.24, 2.45) is 5.10 Å². The predicted octanol–water partition coefficient (Wildman–Crippen LogP) is 2.05. The molecule has 0 spiro atoms. The third-order valence-electron chi connectivity index (χ3n) is 3.34. The number of benzene rings is 2. The molecule has 0 radical (unpaired) electrons. The normalized spacial score (nSPS) is 10.9. The zero-order valence-electron chi connectivity index (χ0n) is 13.7. The van der Waals surface area contributed by atoms with Crippen molar-refractivity contribution in [3.63, 3.8) is 0 Å². The lowest BCUT2D eigenvalue weighted by atomic mass is 10.2. The second-order valence-corrected chi connectivity index (χ2v) is 5.68. The molecule has 0 unspecified atom stereocenters. The van der Waals surface area contributed by atoms with Crippen molar-refractivity contribution in [1.82, 2.24) is 25.6 Å². The van der Waals surface area contributed by atoms with Gasteiger partial charge in [0.2, 0.25) is 5.82 Å². The van der Waals surface area contributed by atoms with Gasteiger partial charge in [0.05, 0.1) is 16.2 Å². The van der Waals surface area contributed by atoms with Crippen LogP contribution in [-0.4, -0.2) is 37.3 Å². The highest BCUT2D eigenvalue weighted by Gasteiger charge is 2.11. The van der Waals surface area contributed by atoms with E-state index in [2.05, 4.69) is 25.9 Å². The van der Waals surface area contributed by atoms with Crippen molar-refractivity contribution in [2.45, 2.75) is 6.54 Å². The number of amides is 1. The molecule has 0 atom stereocenters. The number of hydrogen-bond donors (Lipinski definition) is 1. The Morgan fingerprint density at radius 1 is 1.30 bits per heavy atom. The average Bonchev–Trinajstić information content (AvgIpc) is 3.10. The van der Waals surface area contributed by atoms with Crippen LogP contribution in [0.2, 0.25) is 5.02 Å². The molecule has 1 heterocycles. The molecular weight excluding hydrogens is 374 g/mol. The summed E-state index contributed by atoms with van der Waals surface area (Å²) in [5, 5.41) is 26.7. The summed E-state index contributed by atoms with van der Waals surface area (Å²) in [4.78, 5) is 23.2.